The second kappa shape index (κ2) is 5.05. The largest absolute Gasteiger partial charge is 0.497 e. The highest BCUT2D eigenvalue weighted by molar-refractivity contribution is 7.87. The number of hydrogen-bond acceptors (Lipinski definition) is 4. The molecule has 0 bridgehead atoms. The number of hydrogen-bond donors (Lipinski definition) is 1. The maximum absolute atomic E-state index is 11.7. The SMILES string of the molecule is COc1ccc(CN2C(C=O)CNS2(=O)=O)cc1. The van der Waals surface area contributed by atoms with E-state index in [0.29, 0.717) is 12.0 Å². The Kier molecular flexibility index (Phi) is 3.65. The van der Waals surface area contributed by atoms with E-state index in [0.717, 1.165) is 9.87 Å². The summed E-state index contributed by atoms with van der Waals surface area (Å²) < 4.78 is 31.9. The van der Waals surface area contributed by atoms with E-state index >= 15 is 0 Å². The summed E-state index contributed by atoms with van der Waals surface area (Å²) in [5.74, 6) is 0.702. The van der Waals surface area contributed by atoms with Gasteiger partial charge in [-0.25, -0.2) is 4.72 Å². The molecule has 1 atom stereocenters. The quantitative estimate of drug-likeness (QED) is 0.776. The number of carbonyl (C=O) groups excluding carboxylic acids is 1. The number of nitrogens with one attached hydrogen (secondary N) is 1. The summed E-state index contributed by atoms with van der Waals surface area (Å²) in [5, 5.41) is 0. The molecular formula is C11H14N2O4S. The number of aldehydes is 1. The fraction of sp³-hybridized carbons (Fsp3) is 0.364. The highest BCUT2D eigenvalue weighted by Gasteiger charge is 2.36. The van der Waals surface area contributed by atoms with E-state index < -0.39 is 16.3 Å². The van der Waals surface area contributed by atoms with Crippen LogP contribution in [0.2, 0.25) is 0 Å². The lowest BCUT2D eigenvalue weighted by Gasteiger charge is -2.17. The summed E-state index contributed by atoms with van der Waals surface area (Å²) in [6, 6.07) is 6.41. The fourth-order valence-corrected chi connectivity index (χ4v) is 3.13. The Labute approximate surface area is 106 Å². The Morgan fingerprint density at radius 1 is 1.44 bits per heavy atom. The zero-order valence-corrected chi connectivity index (χ0v) is 10.7. The second-order valence-electron chi connectivity index (χ2n) is 3.95. The van der Waals surface area contributed by atoms with Crippen LogP contribution in [0.25, 0.3) is 0 Å². The molecule has 98 valence electrons. The molecule has 0 aliphatic carbocycles. The first-order chi connectivity index (χ1) is 8.56. The number of nitrogens with zero attached hydrogens (tertiary/aromatic N) is 1. The van der Waals surface area contributed by atoms with E-state index in [-0.39, 0.29) is 13.1 Å². The van der Waals surface area contributed by atoms with Gasteiger partial charge in [0.15, 0.2) is 0 Å². The highest BCUT2D eigenvalue weighted by atomic mass is 32.2. The molecule has 1 heterocycles. The smallest absolute Gasteiger partial charge is 0.280 e. The van der Waals surface area contributed by atoms with Crippen LogP contribution in [0.5, 0.6) is 5.75 Å². The Bertz CT molecular complexity index is 526. The average Bonchev–Trinajstić information content (AvgIpc) is 2.66. The van der Waals surface area contributed by atoms with Gasteiger partial charge < -0.3 is 9.53 Å². The number of methoxy groups -OCH3 is 1. The van der Waals surface area contributed by atoms with Crippen molar-refractivity contribution in [1.82, 2.24) is 9.03 Å². The van der Waals surface area contributed by atoms with Crippen molar-refractivity contribution in [1.29, 1.82) is 0 Å². The van der Waals surface area contributed by atoms with Gasteiger partial charge in [-0.3, -0.25) is 0 Å². The maximum Gasteiger partial charge on any atom is 0.280 e. The van der Waals surface area contributed by atoms with Crippen LogP contribution in [0.15, 0.2) is 24.3 Å². The fourth-order valence-electron chi connectivity index (χ4n) is 1.78. The standard InChI is InChI=1S/C11H14N2O4S/c1-17-11-4-2-9(3-5-11)7-13-10(8-14)6-12-18(13,15)16/h2-5,8,10,12H,6-7H2,1H3. The summed E-state index contributed by atoms with van der Waals surface area (Å²) in [5.41, 5.74) is 0.801. The lowest BCUT2D eigenvalue weighted by atomic mass is 10.2. The molecule has 6 nitrogen and oxygen atoms in total. The molecule has 0 aromatic heterocycles. The van der Waals surface area contributed by atoms with Gasteiger partial charge in [0.25, 0.3) is 10.2 Å². The van der Waals surface area contributed by atoms with Gasteiger partial charge in [0, 0.05) is 13.1 Å². The molecule has 1 N–H and O–H groups in total. The van der Waals surface area contributed by atoms with E-state index in [1.807, 2.05) is 0 Å². The summed E-state index contributed by atoms with van der Waals surface area (Å²) in [7, 11) is -1.98. The van der Waals surface area contributed by atoms with E-state index in [1.165, 1.54) is 0 Å². The monoisotopic (exact) mass is 270 g/mol. The van der Waals surface area contributed by atoms with Crippen molar-refractivity contribution < 1.29 is 17.9 Å². The van der Waals surface area contributed by atoms with Crippen molar-refractivity contribution >= 4 is 16.5 Å². The molecule has 1 aliphatic heterocycles. The highest BCUT2D eigenvalue weighted by Crippen LogP contribution is 2.18. The van der Waals surface area contributed by atoms with Gasteiger partial charge in [0.1, 0.15) is 12.0 Å². The average molecular weight is 270 g/mol. The Morgan fingerprint density at radius 3 is 2.67 bits per heavy atom. The minimum atomic E-state index is -3.54. The molecule has 7 heteroatoms. The number of carbonyl (C=O) groups is 1. The van der Waals surface area contributed by atoms with E-state index in [4.69, 9.17) is 4.74 Å². The van der Waals surface area contributed by atoms with Crippen LogP contribution < -0.4 is 9.46 Å². The number of benzene rings is 1. The van der Waals surface area contributed by atoms with Crippen molar-refractivity contribution in [2.45, 2.75) is 12.6 Å². The molecule has 1 fully saturated rings. The van der Waals surface area contributed by atoms with Crippen molar-refractivity contribution in [2.75, 3.05) is 13.7 Å². The molecule has 1 aromatic carbocycles. The molecule has 0 amide bonds. The van der Waals surface area contributed by atoms with Crippen LogP contribution in [0, 0.1) is 0 Å². The molecule has 1 saturated heterocycles. The third-order valence-corrected chi connectivity index (χ3v) is 4.36. The second-order valence-corrected chi connectivity index (χ2v) is 5.66. The molecule has 2 rings (SSSR count). The third-order valence-electron chi connectivity index (χ3n) is 2.81. The maximum atomic E-state index is 11.7. The van der Waals surface area contributed by atoms with Crippen LogP contribution in [-0.2, 0) is 21.5 Å². The first kappa shape index (κ1) is 13.0. The third kappa shape index (κ3) is 2.53. The van der Waals surface area contributed by atoms with Crippen LogP contribution in [0.1, 0.15) is 5.56 Å². The van der Waals surface area contributed by atoms with Gasteiger partial charge in [0.05, 0.1) is 13.2 Å². The molecule has 1 unspecified atom stereocenters. The molecular weight excluding hydrogens is 256 g/mol. The molecule has 0 saturated carbocycles. The van der Waals surface area contributed by atoms with Crippen LogP contribution in [0.3, 0.4) is 0 Å². The van der Waals surface area contributed by atoms with E-state index in [1.54, 1.807) is 31.4 Å². The van der Waals surface area contributed by atoms with Gasteiger partial charge in [-0.05, 0) is 17.7 Å². The normalized spacial score (nSPS) is 22.8. The lowest BCUT2D eigenvalue weighted by Crippen LogP contribution is -2.35. The topological polar surface area (TPSA) is 75.7 Å². The lowest BCUT2D eigenvalue weighted by molar-refractivity contribution is -0.110. The Balaban J connectivity index is 2.18. The Hall–Kier alpha value is -1.44. The van der Waals surface area contributed by atoms with Crippen molar-refractivity contribution in [2.24, 2.45) is 0 Å². The minimum Gasteiger partial charge on any atom is -0.497 e. The zero-order valence-electron chi connectivity index (χ0n) is 9.87. The molecule has 18 heavy (non-hydrogen) atoms. The van der Waals surface area contributed by atoms with E-state index in [2.05, 4.69) is 4.72 Å². The van der Waals surface area contributed by atoms with Crippen LogP contribution in [0.4, 0.5) is 0 Å². The van der Waals surface area contributed by atoms with Crippen LogP contribution >= 0.6 is 0 Å². The molecule has 1 aliphatic rings. The van der Waals surface area contributed by atoms with Crippen LogP contribution in [-0.4, -0.2) is 38.7 Å². The van der Waals surface area contributed by atoms with Crippen molar-refractivity contribution in [3.05, 3.63) is 29.8 Å². The first-order valence-electron chi connectivity index (χ1n) is 5.41. The van der Waals surface area contributed by atoms with Gasteiger partial charge in [0.2, 0.25) is 0 Å². The van der Waals surface area contributed by atoms with Gasteiger partial charge >= 0.3 is 0 Å². The van der Waals surface area contributed by atoms with Gasteiger partial charge in [-0.15, -0.1) is 0 Å². The summed E-state index contributed by atoms with van der Waals surface area (Å²) >= 11 is 0. The molecule has 0 spiro atoms. The predicted molar refractivity (Wildman–Crippen MR) is 65.3 cm³/mol. The first-order valence-corrected chi connectivity index (χ1v) is 6.85. The van der Waals surface area contributed by atoms with Crippen molar-refractivity contribution in [3.8, 4) is 5.75 Å². The van der Waals surface area contributed by atoms with E-state index in [9.17, 15) is 13.2 Å². The summed E-state index contributed by atoms with van der Waals surface area (Å²) in [6.07, 6.45) is 0.640. The predicted octanol–water partition coefficient (Wildman–Crippen LogP) is -0.0873. The molecule has 0 radical (unpaired) electrons. The van der Waals surface area contributed by atoms with Gasteiger partial charge in [-0.1, -0.05) is 12.1 Å². The summed E-state index contributed by atoms with van der Waals surface area (Å²) in [4.78, 5) is 10.8. The van der Waals surface area contributed by atoms with Gasteiger partial charge in [-0.2, -0.15) is 12.7 Å². The number of ether oxygens (including phenoxy) is 1. The minimum absolute atomic E-state index is 0.127. The summed E-state index contributed by atoms with van der Waals surface area (Å²) in [6.45, 7) is 0.296. The van der Waals surface area contributed by atoms with Crippen molar-refractivity contribution in [3.63, 3.8) is 0 Å². The molecule has 1 aromatic rings. The zero-order chi connectivity index (χ0) is 13.2. The number of rotatable bonds is 4. The Morgan fingerprint density at radius 2 is 2.11 bits per heavy atom.